The van der Waals surface area contributed by atoms with E-state index in [-0.39, 0.29) is 34.1 Å². The molecular formula is C17H15BrFNO4. The minimum atomic E-state index is -1.22. The van der Waals surface area contributed by atoms with E-state index >= 15 is 0 Å². The first kappa shape index (κ1) is 16.7. The Morgan fingerprint density at radius 2 is 2.17 bits per heavy atom. The summed E-state index contributed by atoms with van der Waals surface area (Å²) in [6.07, 6.45) is 0. The zero-order chi connectivity index (χ0) is 17.1. The highest BCUT2D eigenvalue weighted by molar-refractivity contribution is 9.10. The summed E-state index contributed by atoms with van der Waals surface area (Å²) < 4.78 is 25.1. The van der Waals surface area contributed by atoms with Gasteiger partial charge in [-0.2, -0.15) is 0 Å². The van der Waals surface area contributed by atoms with Gasteiger partial charge in [-0.15, -0.1) is 0 Å². The maximum atomic E-state index is 13.8. The molecule has 0 spiro atoms. The van der Waals surface area contributed by atoms with E-state index < -0.39 is 11.8 Å². The molecule has 0 fully saturated rings. The maximum absolute atomic E-state index is 13.8. The molecule has 1 heterocycles. The number of fused-ring (bicyclic) bond motifs is 1. The average Bonchev–Trinajstić information content (AvgIpc) is 2.59. The molecule has 0 bridgehead atoms. The van der Waals surface area contributed by atoms with E-state index in [4.69, 9.17) is 9.47 Å². The van der Waals surface area contributed by atoms with Gasteiger partial charge in [0.05, 0.1) is 35.0 Å². The Hall–Kier alpha value is -2.12. The van der Waals surface area contributed by atoms with Gasteiger partial charge in [-0.3, -0.25) is 0 Å². The highest BCUT2D eigenvalue weighted by Gasteiger charge is 2.28. The van der Waals surface area contributed by atoms with Crippen LogP contribution < -0.4 is 10.1 Å². The van der Waals surface area contributed by atoms with Gasteiger partial charge in [-0.1, -0.05) is 30.3 Å². The largest absolute Gasteiger partial charge is 0.488 e. The van der Waals surface area contributed by atoms with Gasteiger partial charge < -0.3 is 19.9 Å². The van der Waals surface area contributed by atoms with Crippen LogP contribution in [0.2, 0.25) is 0 Å². The standard InChI is InChI=1S/C17H15BrFNO4/c18-14-13(19)6-12(17(21)22)15-16(14)24-9-11(20-15)8-23-7-10-4-2-1-3-5-10/h1-6,11,20H,7-9H2,(H,21,22). The number of rotatable bonds is 5. The van der Waals surface area contributed by atoms with E-state index in [2.05, 4.69) is 21.2 Å². The van der Waals surface area contributed by atoms with Crippen molar-refractivity contribution in [2.45, 2.75) is 12.6 Å². The summed E-state index contributed by atoms with van der Waals surface area (Å²) in [5.41, 5.74) is 1.14. The van der Waals surface area contributed by atoms with E-state index in [9.17, 15) is 14.3 Å². The highest BCUT2D eigenvalue weighted by atomic mass is 79.9. The molecule has 1 aliphatic heterocycles. The molecule has 1 unspecified atom stereocenters. The van der Waals surface area contributed by atoms with Crippen molar-refractivity contribution in [2.75, 3.05) is 18.5 Å². The zero-order valence-corrected chi connectivity index (χ0v) is 14.2. The summed E-state index contributed by atoms with van der Waals surface area (Å²) in [5, 5.41) is 12.3. The molecule has 2 N–H and O–H groups in total. The van der Waals surface area contributed by atoms with E-state index in [1.165, 1.54) is 0 Å². The molecule has 2 aromatic rings. The number of hydrogen-bond donors (Lipinski definition) is 2. The van der Waals surface area contributed by atoms with Gasteiger partial charge in [-0.25, -0.2) is 9.18 Å². The van der Waals surface area contributed by atoms with Crippen LogP contribution in [0.4, 0.5) is 10.1 Å². The molecule has 1 atom stereocenters. The Kier molecular flexibility index (Phi) is 5.01. The molecule has 0 aromatic heterocycles. The summed E-state index contributed by atoms with van der Waals surface area (Å²) in [4.78, 5) is 11.3. The first-order valence-corrected chi connectivity index (χ1v) is 8.12. The lowest BCUT2D eigenvalue weighted by molar-refractivity contribution is 0.0694. The van der Waals surface area contributed by atoms with Crippen LogP contribution in [0.15, 0.2) is 40.9 Å². The topological polar surface area (TPSA) is 67.8 Å². The molecule has 0 radical (unpaired) electrons. The Labute approximate surface area is 146 Å². The van der Waals surface area contributed by atoms with Crippen molar-refractivity contribution in [3.05, 3.63) is 57.8 Å². The predicted octanol–water partition coefficient (Wildman–Crippen LogP) is 3.68. The number of benzene rings is 2. The number of carbonyl (C=O) groups is 1. The van der Waals surface area contributed by atoms with Crippen molar-refractivity contribution in [1.29, 1.82) is 0 Å². The fraction of sp³-hybridized carbons (Fsp3) is 0.235. The third-order valence-corrected chi connectivity index (χ3v) is 4.35. The van der Waals surface area contributed by atoms with Gasteiger partial charge in [0.15, 0.2) is 5.75 Å². The molecule has 0 saturated carbocycles. The van der Waals surface area contributed by atoms with Gasteiger partial charge in [-0.05, 0) is 27.6 Å². The fourth-order valence-electron chi connectivity index (χ4n) is 2.46. The van der Waals surface area contributed by atoms with Crippen molar-refractivity contribution in [3.8, 4) is 5.75 Å². The van der Waals surface area contributed by atoms with Crippen molar-refractivity contribution in [2.24, 2.45) is 0 Å². The van der Waals surface area contributed by atoms with Crippen molar-refractivity contribution >= 4 is 27.6 Å². The fourth-order valence-corrected chi connectivity index (χ4v) is 2.89. The van der Waals surface area contributed by atoms with Gasteiger partial charge in [0, 0.05) is 0 Å². The lowest BCUT2D eigenvalue weighted by Crippen LogP contribution is -2.36. The highest BCUT2D eigenvalue weighted by Crippen LogP contribution is 2.41. The van der Waals surface area contributed by atoms with E-state index in [1.54, 1.807) is 0 Å². The Bertz CT molecular complexity index is 754. The van der Waals surface area contributed by atoms with Crippen LogP contribution >= 0.6 is 15.9 Å². The van der Waals surface area contributed by atoms with Crippen LogP contribution in [0, 0.1) is 5.82 Å². The molecule has 24 heavy (non-hydrogen) atoms. The molecule has 1 aliphatic rings. The first-order chi connectivity index (χ1) is 11.6. The van der Waals surface area contributed by atoms with Crippen LogP contribution in [0.25, 0.3) is 0 Å². The van der Waals surface area contributed by atoms with Gasteiger partial charge in [0.1, 0.15) is 12.4 Å². The molecule has 0 amide bonds. The molecule has 0 saturated heterocycles. The first-order valence-electron chi connectivity index (χ1n) is 7.32. The molecule has 7 heteroatoms. The summed E-state index contributed by atoms with van der Waals surface area (Å²) in [6, 6.07) is 10.5. The molecule has 0 aliphatic carbocycles. The van der Waals surface area contributed by atoms with Crippen LogP contribution in [-0.2, 0) is 11.3 Å². The monoisotopic (exact) mass is 395 g/mol. The Morgan fingerprint density at radius 3 is 2.88 bits per heavy atom. The minimum absolute atomic E-state index is 0.110. The predicted molar refractivity (Wildman–Crippen MR) is 90.1 cm³/mol. The SMILES string of the molecule is O=C(O)c1cc(F)c(Br)c2c1NC(COCc1ccccc1)CO2. The second kappa shape index (κ2) is 7.19. The molecular weight excluding hydrogens is 381 g/mol. The van der Waals surface area contributed by atoms with Crippen LogP contribution in [0.1, 0.15) is 15.9 Å². The van der Waals surface area contributed by atoms with Crippen LogP contribution in [-0.4, -0.2) is 30.3 Å². The summed E-state index contributed by atoms with van der Waals surface area (Å²) in [6.45, 7) is 1.04. The van der Waals surface area contributed by atoms with Crippen molar-refractivity contribution in [1.82, 2.24) is 0 Å². The van der Waals surface area contributed by atoms with Crippen molar-refractivity contribution in [3.63, 3.8) is 0 Å². The Balaban J connectivity index is 1.70. The quantitative estimate of drug-likeness (QED) is 0.807. The molecule has 2 aromatic carbocycles. The number of ether oxygens (including phenoxy) is 2. The third kappa shape index (κ3) is 3.52. The second-order valence-electron chi connectivity index (χ2n) is 5.38. The summed E-state index contributed by atoms with van der Waals surface area (Å²) >= 11 is 3.09. The maximum Gasteiger partial charge on any atom is 0.338 e. The number of aromatic carboxylic acids is 1. The number of hydrogen-bond acceptors (Lipinski definition) is 4. The zero-order valence-electron chi connectivity index (χ0n) is 12.6. The normalized spacial score (nSPS) is 16.0. The number of carboxylic acids is 1. The van der Waals surface area contributed by atoms with E-state index in [0.717, 1.165) is 11.6 Å². The number of nitrogens with one attached hydrogen (secondary N) is 1. The number of anilines is 1. The Morgan fingerprint density at radius 1 is 1.42 bits per heavy atom. The molecule has 5 nitrogen and oxygen atoms in total. The minimum Gasteiger partial charge on any atom is -0.488 e. The van der Waals surface area contributed by atoms with Crippen LogP contribution in [0.5, 0.6) is 5.75 Å². The number of carboxylic acid groups (broad SMARTS) is 1. The summed E-state index contributed by atoms with van der Waals surface area (Å²) in [5.74, 6) is -1.72. The van der Waals surface area contributed by atoms with Gasteiger partial charge in [0.2, 0.25) is 0 Å². The second-order valence-corrected chi connectivity index (χ2v) is 6.18. The summed E-state index contributed by atoms with van der Waals surface area (Å²) in [7, 11) is 0. The smallest absolute Gasteiger partial charge is 0.338 e. The van der Waals surface area contributed by atoms with Gasteiger partial charge >= 0.3 is 5.97 Å². The van der Waals surface area contributed by atoms with Gasteiger partial charge in [0.25, 0.3) is 0 Å². The van der Waals surface area contributed by atoms with Crippen molar-refractivity contribution < 1.29 is 23.8 Å². The number of halogens is 2. The molecule has 3 rings (SSSR count). The van der Waals surface area contributed by atoms with Crippen LogP contribution in [0.3, 0.4) is 0 Å². The van der Waals surface area contributed by atoms with E-state index in [0.29, 0.717) is 13.2 Å². The lowest BCUT2D eigenvalue weighted by atomic mass is 10.1. The third-order valence-electron chi connectivity index (χ3n) is 3.61. The average molecular weight is 396 g/mol. The lowest BCUT2D eigenvalue weighted by Gasteiger charge is -2.29. The van der Waals surface area contributed by atoms with E-state index in [1.807, 2.05) is 30.3 Å². The molecule has 126 valence electrons.